The molecule has 0 amide bonds. The Morgan fingerprint density at radius 1 is 1.22 bits per heavy atom. The van der Waals surface area contributed by atoms with Gasteiger partial charge in [0.2, 0.25) is 5.88 Å². The number of halogens is 2. The van der Waals surface area contributed by atoms with Gasteiger partial charge in [0.25, 0.3) is 0 Å². The second kappa shape index (κ2) is 5.57. The maximum Gasteiger partial charge on any atom is 0.219 e. The number of benzene rings is 1. The number of rotatable bonds is 3. The molecule has 0 saturated carbocycles. The van der Waals surface area contributed by atoms with Gasteiger partial charge in [0.15, 0.2) is 0 Å². The zero-order chi connectivity index (χ0) is 13.1. The lowest BCUT2D eigenvalue weighted by molar-refractivity contribution is 0.198. The van der Waals surface area contributed by atoms with Crippen LogP contribution in [0.25, 0.3) is 0 Å². The Morgan fingerprint density at radius 2 is 2.00 bits per heavy atom. The Balaban J connectivity index is 2.21. The van der Waals surface area contributed by atoms with Crippen LogP contribution in [0.1, 0.15) is 18.6 Å². The zero-order valence-corrected chi connectivity index (χ0v) is 11.1. The van der Waals surface area contributed by atoms with Crippen LogP contribution in [0.4, 0.5) is 0 Å². The number of pyridine rings is 1. The summed E-state index contributed by atoms with van der Waals surface area (Å²) in [6.07, 6.45) is 1.000. The minimum atomic E-state index is -0.554. The van der Waals surface area contributed by atoms with Crippen molar-refractivity contribution in [2.45, 2.75) is 13.0 Å². The summed E-state index contributed by atoms with van der Waals surface area (Å²) in [5, 5.41) is 10.4. The van der Waals surface area contributed by atoms with Gasteiger partial charge in [0, 0.05) is 23.4 Å². The smallest absolute Gasteiger partial charge is 0.219 e. The highest BCUT2D eigenvalue weighted by atomic mass is 35.5. The third-order valence-electron chi connectivity index (χ3n) is 2.35. The SMILES string of the molecule is CC(O)c1ccc(Oc2cc(Cl)ccc2Cl)nc1. The van der Waals surface area contributed by atoms with E-state index in [0.717, 1.165) is 5.56 Å². The van der Waals surface area contributed by atoms with Crippen LogP contribution in [0.5, 0.6) is 11.6 Å². The first-order valence-corrected chi connectivity index (χ1v) is 6.09. The fraction of sp³-hybridized carbons (Fsp3) is 0.154. The maximum absolute atomic E-state index is 9.37. The van der Waals surface area contributed by atoms with Crippen LogP contribution in [-0.2, 0) is 0 Å². The minimum Gasteiger partial charge on any atom is -0.437 e. The summed E-state index contributed by atoms with van der Waals surface area (Å²) < 4.78 is 5.52. The van der Waals surface area contributed by atoms with Crippen molar-refractivity contribution in [1.29, 1.82) is 0 Å². The first-order valence-electron chi connectivity index (χ1n) is 5.33. The average Bonchev–Trinajstić information content (AvgIpc) is 2.34. The van der Waals surface area contributed by atoms with Crippen molar-refractivity contribution in [2.24, 2.45) is 0 Å². The van der Waals surface area contributed by atoms with E-state index >= 15 is 0 Å². The van der Waals surface area contributed by atoms with Gasteiger partial charge in [-0.1, -0.05) is 23.2 Å². The van der Waals surface area contributed by atoms with Crippen LogP contribution < -0.4 is 4.74 Å². The number of ether oxygens (including phenoxy) is 1. The average molecular weight is 284 g/mol. The second-order valence-electron chi connectivity index (χ2n) is 3.78. The largest absolute Gasteiger partial charge is 0.437 e. The van der Waals surface area contributed by atoms with Gasteiger partial charge in [-0.3, -0.25) is 0 Å². The predicted octanol–water partition coefficient (Wildman–Crippen LogP) is 4.23. The molecule has 0 radical (unpaired) electrons. The molecule has 0 fully saturated rings. The molecule has 18 heavy (non-hydrogen) atoms. The predicted molar refractivity (Wildman–Crippen MR) is 71.4 cm³/mol. The molecule has 0 spiro atoms. The monoisotopic (exact) mass is 283 g/mol. The van der Waals surface area contributed by atoms with E-state index in [1.165, 1.54) is 0 Å². The molecule has 94 valence electrons. The first-order chi connectivity index (χ1) is 8.56. The van der Waals surface area contributed by atoms with Crippen molar-refractivity contribution in [3.05, 3.63) is 52.1 Å². The van der Waals surface area contributed by atoms with E-state index in [1.807, 2.05) is 0 Å². The highest BCUT2D eigenvalue weighted by Gasteiger charge is 2.06. The molecule has 0 saturated heterocycles. The molecule has 0 aliphatic rings. The number of aliphatic hydroxyl groups is 1. The third kappa shape index (κ3) is 3.13. The molecule has 1 heterocycles. The van der Waals surface area contributed by atoms with Crippen LogP contribution in [0.15, 0.2) is 36.5 Å². The van der Waals surface area contributed by atoms with E-state index < -0.39 is 6.10 Å². The zero-order valence-electron chi connectivity index (χ0n) is 9.60. The molecule has 5 heteroatoms. The topological polar surface area (TPSA) is 42.4 Å². The summed E-state index contributed by atoms with van der Waals surface area (Å²) in [5.74, 6) is 0.838. The number of hydrogen-bond acceptors (Lipinski definition) is 3. The fourth-order valence-corrected chi connectivity index (χ4v) is 1.69. The highest BCUT2D eigenvalue weighted by molar-refractivity contribution is 6.34. The lowest BCUT2D eigenvalue weighted by Crippen LogP contribution is -1.94. The van der Waals surface area contributed by atoms with Crippen LogP contribution >= 0.6 is 23.2 Å². The fourth-order valence-electron chi connectivity index (χ4n) is 1.37. The molecule has 1 atom stereocenters. The maximum atomic E-state index is 9.37. The minimum absolute atomic E-state index is 0.392. The lowest BCUT2D eigenvalue weighted by Gasteiger charge is -2.08. The second-order valence-corrected chi connectivity index (χ2v) is 4.63. The van der Waals surface area contributed by atoms with Crippen molar-refractivity contribution in [1.82, 2.24) is 4.98 Å². The summed E-state index contributed by atoms with van der Waals surface area (Å²) in [7, 11) is 0. The van der Waals surface area contributed by atoms with Crippen LogP contribution in [0, 0.1) is 0 Å². The molecule has 1 N–H and O–H groups in total. The van der Waals surface area contributed by atoms with E-state index in [9.17, 15) is 5.11 Å². The Labute approximate surface area is 115 Å². The summed E-state index contributed by atoms with van der Waals surface area (Å²) in [4.78, 5) is 4.08. The van der Waals surface area contributed by atoms with Crippen molar-refractivity contribution < 1.29 is 9.84 Å². The summed E-state index contributed by atoms with van der Waals surface area (Å²) in [5.41, 5.74) is 0.722. The van der Waals surface area contributed by atoms with Crippen molar-refractivity contribution in [2.75, 3.05) is 0 Å². The molecule has 0 aliphatic heterocycles. The first kappa shape index (κ1) is 13.1. The molecule has 1 aromatic carbocycles. The van der Waals surface area contributed by atoms with Gasteiger partial charge in [-0.05, 0) is 30.7 Å². The van der Waals surface area contributed by atoms with Gasteiger partial charge in [0.05, 0.1) is 11.1 Å². The number of aromatic nitrogens is 1. The van der Waals surface area contributed by atoms with Crippen molar-refractivity contribution in [3.63, 3.8) is 0 Å². The van der Waals surface area contributed by atoms with Crippen LogP contribution in [-0.4, -0.2) is 10.1 Å². The molecule has 3 nitrogen and oxygen atoms in total. The number of nitrogens with zero attached hydrogens (tertiary/aromatic N) is 1. The quantitative estimate of drug-likeness (QED) is 0.916. The summed E-state index contributed by atoms with van der Waals surface area (Å²) in [6, 6.07) is 8.36. The molecule has 0 bridgehead atoms. The van der Waals surface area contributed by atoms with E-state index in [-0.39, 0.29) is 0 Å². The van der Waals surface area contributed by atoms with Gasteiger partial charge in [-0.25, -0.2) is 4.98 Å². The van der Waals surface area contributed by atoms with E-state index in [4.69, 9.17) is 27.9 Å². The molecule has 1 unspecified atom stereocenters. The molecule has 1 aromatic heterocycles. The molecule has 2 rings (SSSR count). The Kier molecular flexibility index (Phi) is 4.07. The Morgan fingerprint density at radius 3 is 2.61 bits per heavy atom. The highest BCUT2D eigenvalue weighted by Crippen LogP contribution is 2.31. The molecule has 0 aliphatic carbocycles. The van der Waals surface area contributed by atoms with Crippen molar-refractivity contribution >= 4 is 23.2 Å². The van der Waals surface area contributed by atoms with Gasteiger partial charge in [-0.2, -0.15) is 0 Å². The van der Waals surface area contributed by atoms with Crippen LogP contribution in [0.3, 0.4) is 0 Å². The lowest BCUT2D eigenvalue weighted by atomic mass is 10.2. The van der Waals surface area contributed by atoms with E-state index in [0.29, 0.717) is 21.7 Å². The molecular weight excluding hydrogens is 273 g/mol. The van der Waals surface area contributed by atoms with E-state index in [2.05, 4.69) is 4.98 Å². The summed E-state index contributed by atoms with van der Waals surface area (Å²) >= 11 is 11.8. The van der Waals surface area contributed by atoms with Gasteiger partial charge < -0.3 is 9.84 Å². The Bertz CT molecular complexity index is 541. The number of hydrogen-bond donors (Lipinski definition) is 1. The van der Waals surface area contributed by atoms with Crippen molar-refractivity contribution in [3.8, 4) is 11.6 Å². The Hall–Kier alpha value is -1.29. The van der Waals surface area contributed by atoms with Gasteiger partial charge in [0.1, 0.15) is 5.75 Å². The normalized spacial score (nSPS) is 12.2. The standard InChI is InChI=1S/C13H11Cl2NO2/c1-8(17)9-2-5-13(16-7-9)18-12-6-10(14)3-4-11(12)15/h2-8,17H,1H3. The number of aliphatic hydroxyl groups excluding tert-OH is 1. The molecule has 2 aromatic rings. The van der Waals surface area contributed by atoms with E-state index in [1.54, 1.807) is 43.5 Å². The third-order valence-corrected chi connectivity index (χ3v) is 2.90. The van der Waals surface area contributed by atoms with Gasteiger partial charge >= 0.3 is 0 Å². The summed E-state index contributed by atoms with van der Waals surface area (Å²) in [6.45, 7) is 1.67. The molecular formula is C13H11Cl2NO2. The van der Waals surface area contributed by atoms with Gasteiger partial charge in [-0.15, -0.1) is 0 Å². The van der Waals surface area contributed by atoms with Crippen LogP contribution in [0.2, 0.25) is 10.0 Å².